The Morgan fingerprint density at radius 1 is 1.21 bits per heavy atom. The molecular weight excluding hydrogens is 357 g/mol. The van der Waals surface area contributed by atoms with E-state index < -0.39 is 0 Å². The van der Waals surface area contributed by atoms with Crippen molar-refractivity contribution in [3.63, 3.8) is 0 Å². The van der Waals surface area contributed by atoms with Crippen LogP contribution in [0.5, 0.6) is 0 Å². The molecule has 1 amide bonds. The molecular formula is C22H22FN3O2. The first-order valence-corrected chi connectivity index (χ1v) is 9.50. The van der Waals surface area contributed by atoms with Crippen molar-refractivity contribution >= 4 is 16.7 Å². The lowest BCUT2D eigenvalue weighted by Crippen LogP contribution is -2.33. The van der Waals surface area contributed by atoms with Crippen LogP contribution in [-0.4, -0.2) is 21.7 Å². The molecule has 0 saturated heterocycles. The molecule has 1 fully saturated rings. The molecule has 1 aromatic heterocycles. The minimum absolute atomic E-state index is 0.0552. The van der Waals surface area contributed by atoms with Crippen molar-refractivity contribution in [2.24, 2.45) is 5.92 Å². The zero-order valence-corrected chi connectivity index (χ0v) is 15.9. The summed E-state index contributed by atoms with van der Waals surface area (Å²) in [6.45, 7) is 4.44. The monoisotopic (exact) mass is 379 g/mol. The molecule has 144 valence electrons. The van der Waals surface area contributed by atoms with Crippen LogP contribution in [-0.2, 0) is 6.54 Å². The maximum atomic E-state index is 13.4. The second-order valence-electron chi connectivity index (χ2n) is 7.75. The summed E-state index contributed by atoms with van der Waals surface area (Å²) in [6.07, 6.45) is 0.763. The second kappa shape index (κ2) is 7.19. The van der Waals surface area contributed by atoms with Gasteiger partial charge in [-0.15, -0.1) is 0 Å². The van der Waals surface area contributed by atoms with Gasteiger partial charge in [0.15, 0.2) is 5.69 Å². The number of benzene rings is 2. The molecule has 1 heterocycles. The fourth-order valence-corrected chi connectivity index (χ4v) is 3.57. The van der Waals surface area contributed by atoms with E-state index in [2.05, 4.69) is 10.4 Å². The van der Waals surface area contributed by atoms with Crippen LogP contribution in [0, 0.1) is 11.7 Å². The van der Waals surface area contributed by atoms with Crippen LogP contribution < -0.4 is 10.9 Å². The minimum atomic E-state index is -0.308. The predicted octanol–water partition coefficient (Wildman–Crippen LogP) is 3.48. The van der Waals surface area contributed by atoms with Crippen LogP contribution in [0.4, 0.5) is 4.39 Å². The van der Waals surface area contributed by atoms with Crippen LogP contribution in [0.2, 0.25) is 0 Å². The third-order valence-electron chi connectivity index (χ3n) is 5.00. The molecule has 2 atom stereocenters. The Bertz CT molecular complexity index is 1110. The van der Waals surface area contributed by atoms with Gasteiger partial charge in [-0.1, -0.05) is 44.2 Å². The summed E-state index contributed by atoms with van der Waals surface area (Å²) in [5, 5.41) is 8.39. The molecule has 0 bridgehead atoms. The third kappa shape index (κ3) is 3.54. The topological polar surface area (TPSA) is 64.0 Å². The summed E-state index contributed by atoms with van der Waals surface area (Å²) in [6, 6.07) is 13.5. The summed E-state index contributed by atoms with van der Waals surface area (Å²) in [5.74, 6) is -0.254. The number of amides is 1. The number of hydrogen-bond donors (Lipinski definition) is 1. The first-order valence-electron chi connectivity index (χ1n) is 9.50. The van der Waals surface area contributed by atoms with Gasteiger partial charge in [0.1, 0.15) is 5.82 Å². The smallest absolute Gasteiger partial charge is 0.274 e. The quantitative estimate of drug-likeness (QED) is 0.738. The molecule has 1 aliphatic rings. The fraction of sp³-hybridized carbons (Fsp3) is 0.318. The molecule has 5 nitrogen and oxygen atoms in total. The highest BCUT2D eigenvalue weighted by molar-refractivity contribution is 6.05. The molecule has 1 N–H and O–H groups in total. The van der Waals surface area contributed by atoms with Crippen molar-refractivity contribution in [1.29, 1.82) is 0 Å². The number of aromatic nitrogens is 2. The summed E-state index contributed by atoms with van der Waals surface area (Å²) in [5.41, 5.74) is 0.943. The number of carbonyl (C=O) groups is 1. The average Bonchev–Trinajstić information content (AvgIpc) is 3.43. The van der Waals surface area contributed by atoms with Crippen LogP contribution in [0.1, 0.15) is 42.2 Å². The van der Waals surface area contributed by atoms with Gasteiger partial charge in [-0.05, 0) is 36.1 Å². The standard InChI is InChI=1S/C22H22FN3O2/c1-13(2)12-26-22(28)17-9-4-3-8-16(17)20(25-26)21(27)24-19-11-18(19)14-6-5-7-15(23)10-14/h3-10,13,18-19H,11-12H2,1-2H3,(H,24,27)/t18-,19+/m0/s1. The minimum Gasteiger partial charge on any atom is -0.347 e. The zero-order valence-electron chi connectivity index (χ0n) is 15.9. The van der Waals surface area contributed by atoms with Gasteiger partial charge in [0.25, 0.3) is 11.5 Å². The Hall–Kier alpha value is -3.02. The van der Waals surface area contributed by atoms with E-state index in [1.54, 1.807) is 30.3 Å². The Kier molecular flexibility index (Phi) is 4.71. The summed E-state index contributed by atoms with van der Waals surface area (Å²) in [7, 11) is 0. The van der Waals surface area contributed by atoms with Gasteiger partial charge in [-0.2, -0.15) is 5.10 Å². The van der Waals surface area contributed by atoms with Crippen molar-refractivity contribution in [2.75, 3.05) is 0 Å². The fourth-order valence-electron chi connectivity index (χ4n) is 3.57. The molecule has 0 aliphatic heterocycles. The largest absolute Gasteiger partial charge is 0.347 e. The Morgan fingerprint density at radius 2 is 1.96 bits per heavy atom. The van der Waals surface area contributed by atoms with Gasteiger partial charge in [-0.3, -0.25) is 9.59 Å². The van der Waals surface area contributed by atoms with Gasteiger partial charge >= 0.3 is 0 Å². The van der Waals surface area contributed by atoms with Crippen molar-refractivity contribution in [2.45, 2.75) is 38.8 Å². The lowest BCUT2D eigenvalue weighted by molar-refractivity contribution is 0.0944. The maximum absolute atomic E-state index is 13.4. The maximum Gasteiger partial charge on any atom is 0.274 e. The predicted molar refractivity (Wildman–Crippen MR) is 106 cm³/mol. The average molecular weight is 379 g/mol. The van der Waals surface area contributed by atoms with E-state index in [0.29, 0.717) is 17.3 Å². The van der Waals surface area contributed by atoms with E-state index in [1.807, 2.05) is 19.9 Å². The Balaban J connectivity index is 1.62. The molecule has 0 radical (unpaired) electrons. The SMILES string of the molecule is CC(C)Cn1nc(C(=O)N[C@@H]2C[C@H]2c2cccc(F)c2)c2ccccc2c1=O. The van der Waals surface area contributed by atoms with Crippen LogP contribution in [0.25, 0.3) is 10.8 Å². The van der Waals surface area contributed by atoms with Crippen LogP contribution in [0.3, 0.4) is 0 Å². The molecule has 3 aromatic rings. The molecule has 1 aliphatic carbocycles. The number of hydrogen-bond acceptors (Lipinski definition) is 3. The highest BCUT2D eigenvalue weighted by Crippen LogP contribution is 2.41. The van der Waals surface area contributed by atoms with E-state index in [4.69, 9.17) is 0 Å². The second-order valence-corrected chi connectivity index (χ2v) is 7.75. The first kappa shape index (κ1) is 18.3. The van der Waals surface area contributed by atoms with E-state index >= 15 is 0 Å². The normalized spacial score (nSPS) is 18.4. The van der Waals surface area contributed by atoms with Gasteiger partial charge in [-0.25, -0.2) is 9.07 Å². The van der Waals surface area contributed by atoms with Gasteiger partial charge < -0.3 is 5.32 Å². The molecule has 0 unspecified atom stereocenters. The molecule has 6 heteroatoms. The highest BCUT2D eigenvalue weighted by atomic mass is 19.1. The molecule has 28 heavy (non-hydrogen) atoms. The van der Waals surface area contributed by atoms with E-state index in [-0.39, 0.29) is 40.9 Å². The van der Waals surface area contributed by atoms with Gasteiger partial charge in [0.2, 0.25) is 0 Å². The first-order chi connectivity index (χ1) is 13.4. The molecule has 4 rings (SSSR count). The van der Waals surface area contributed by atoms with Crippen molar-refractivity contribution in [3.05, 3.63) is 76.0 Å². The van der Waals surface area contributed by atoms with Gasteiger partial charge in [0.05, 0.1) is 5.39 Å². The number of nitrogens with zero attached hydrogens (tertiary/aromatic N) is 2. The van der Waals surface area contributed by atoms with Gasteiger partial charge in [0, 0.05) is 23.9 Å². The van der Waals surface area contributed by atoms with E-state index in [1.165, 1.54) is 16.8 Å². The zero-order chi connectivity index (χ0) is 19.8. The molecule has 0 spiro atoms. The lowest BCUT2D eigenvalue weighted by Gasteiger charge is -2.12. The number of halogens is 1. The summed E-state index contributed by atoms with van der Waals surface area (Å²) < 4.78 is 14.8. The summed E-state index contributed by atoms with van der Waals surface area (Å²) in [4.78, 5) is 25.6. The van der Waals surface area contributed by atoms with Crippen molar-refractivity contribution in [1.82, 2.24) is 15.1 Å². The number of rotatable bonds is 5. The molecule has 1 saturated carbocycles. The van der Waals surface area contributed by atoms with E-state index in [9.17, 15) is 14.0 Å². The Labute approximate surface area is 162 Å². The summed E-state index contributed by atoms with van der Waals surface area (Å²) >= 11 is 0. The van der Waals surface area contributed by atoms with E-state index in [0.717, 1.165) is 12.0 Å². The van der Waals surface area contributed by atoms with Crippen molar-refractivity contribution < 1.29 is 9.18 Å². The third-order valence-corrected chi connectivity index (χ3v) is 5.00. The highest BCUT2D eigenvalue weighted by Gasteiger charge is 2.40. The number of fused-ring (bicyclic) bond motifs is 1. The van der Waals surface area contributed by atoms with Crippen LogP contribution >= 0.6 is 0 Å². The lowest BCUT2D eigenvalue weighted by atomic mass is 10.1. The van der Waals surface area contributed by atoms with Crippen LogP contribution in [0.15, 0.2) is 53.3 Å². The number of nitrogens with one attached hydrogen (secondary N) is 1. The Morgan fingerprint density at radius 3 is 2.68 bits per heavy atom. The van der Waals surface area contributed by atoms with Crippen molar-refractivity contribution in [3.8, 4) is 0 Å². The molecule has 2 aromatic carbocycles. The number of carbonyl (C=O) groups excluding carboxylic acids is 1.